The Morgan fingerprint density at radius 3 is 1.79 bits per heavy atom. The van der Waals surface area contributed by atoms with E-state index in [0.717, 1.165) is 8.58 Å². The van der Waals surface area contributed by atoms with Crippen LogP contribution in [0.3, 0.4) is 0 Å². The second-order valence-electron chi connectivity index (χ2n) is 3.22. The fraction of sp³-hybridized carbons (Fsp3) is 0. The Morgan fingerprint density at radius 1 is 0.714 bits per heavy atom. The molecule has 2 aromatic carbocycles. The zero-order valence-electron chi connectivity index (χ0n) is 7.53. The quantitative estimate of drug-likeness (QED) is 0.521. The summed E-state index contributed by atoms with van der Waals surface area (Å²) in [5, 5.41) is 2.97. The van der Waals surface area contributed by atoms with Crippen molar-refractivity contribution in [2.24, 2.45) is 0 Å². The highest BCUT2D eigenvalue weighted by molar-refractivity contribution is 8.01. The Balaban J connectivity index is 2.12. The van der Waals surface area contributed by atoms with Crippen LogP contribution in [0.5, 0.6) is 0 Å². The minimum atomic E-state index is 0.823. The second kappa shape index (κ2) is 3.42. The Labute approximate surface area is 89.5 Å². The molecule has 0 spiro atoms. The Hall–Kier alpha value is -0.780. The smallest absolute Gasteiger partial charge is 0.0200 e. The van der Waals surface area contributed by atoms with Gasteiger partial charge in [-0.15, -0.1) is 0 Å². The van der Waals surface area contributed by atoms with Gasteiger partial charge in [0, 0.05) is 9.79 Å². The Morgan fingerprint density at radius 2 is 1.21 bits per heavy atom. The van der Waals surface area contributed by atoms with Gasteiger partial charge in [-0.1, -0.05) is 56.7 Å². The van der Waals surface area contributed by atoms with Gasteiger partial charge in [0.05, 0.1) is 0 Å². The van der Waals surface area contributed by atoms with Crippen molar-refractivity contribution in [2.75, 3.05) is 0 Å². The molecule has 3 rings (SSSR count). The lowest BCUT2D eigenvalue weighted by molar-refractivity contribution is 1.45. The number of rotatable bonds is 0. The first-order chi connectivity index (χ1) is 6.93. The lowest BCUT2D eigenvalue weighted by Gasteiger charge is -2.17. The van der Waals surface area contributed by atoms with Gasteiger partial charge in [0.25, 0.3) is 0 Å². The molecule has 1 heterocycles. The van der Waals surface area contributed by atoms with Crippen LogP contribution in [0.4, 0.5) is 0 Å². The molecule has 0 unspecified atom stereocenters. The lowest BCUT2D eigenvalue weighted by Crippen LogP contribution is -2.12. The average molecular weight is 216 g/mol. The minimum absolute atomic E-state index is 0.823. The van der Waals surface area contributed by atoms with Crippen molar-refractivity contribution in [3.63, 3.8) is 0 Å². The molecule has 0 saturated carbocycles. The van der Waals surface area contributed by atoms with E-state index in [2.05, 4.69) is 48.5 Å². The number of hydrogen-bond acceptors (Lipinski definition) is 1. The molecule has 0 N–H and O–H groups in total. The van der Waals surface area contributed by atoms with Gasteiger partial charge in [-0.25, -0.2) is 0 Å². The molecule has 0 saturated heterocycles. The van der Waals surface area contributed by atoms with Gasteiger partial charge < -0.3 is 0 Å². The summed E-state index contributed by atoms with van der Waals surface area (Å²) in [4.78, 5) is 2.84. The molecular formula is C12H9PS. The predicted molar refractivity (Wildman–Crippen MR) is 64.6 cm³/mol. The topological polar surface area (TPSA) is 0 Å². The molecule has 14 heavy (non-hydrogen) atoms. The van der Waals surface area contributed by atoms with E-state index in [1.165, 1.54) is 20.4 Å². The number of hydrogen-bond donors (Lipinski definition) is 0. The summed E-state index contributed by atoms with van der Waals surface area (Å²) in [5.74, 6) is 0. The molecule has 2 heteroatoms. The van der Waals surface area contributed by atoms with Crippen LogP contribution in [0, 0.1) is 0 Å². The van der Waals surface area contributed by atoms with Crippen molar-refractivity contribution in [2.45, 2.75) is 9.79 Å². The summed E-state index contributed by atoms with van der Waals surface area (Å²) in [5.41, 5.74) is 0. The fourth-order valence-corrected chi connectivity index (χ4v) is 4.14. The fourth-order valence-electron chi connectivity index (χ4n) is 1.58. The average Bonchev–Trinajstić information content (AvgIpc) is 2.26. The van der Waals surface area contributed by atoms with Crippen LogP contribution in [-0.4, -0.2) is 0 Å². The molecule has 1 aliphatic rings. The van der Waals surface area contributed by atoms with Gasteiger partial charge in [-0.3, -0.25) is 0 Å². The molecule has 1 aliphatic heterocycles. The highest BCUT2D eigenvalue weighted by Gasteiger charge is 2.13. The van der Waals surface area contributed by atoms with Crippen molar-refractivity contribution in [1.82, 2.24) is 0 Å². The summed E-state index contributed by atoms with van der Waals surface area (Å²) in [6.45, 7) is 0. The molecule has 0 nitrogen and oxygen atoms in total. The highest BCUT2D eigenvalue weighted by atomic mass is 32.2. The van der Waals surface area contributed by atoms with Crippen LogP contribution in [-0.2, 0) is 0 Å². The molecule has 0 aliphatic carbocycles. The van der Waals surface area contributed by atoms with E-state index in [1.807, 2.05) is 11.8 Å². The number of benzene rings is 2. The molecular weight excluding hydrogens is 207 g/mol. The van der Waals surface area contributed by atoms with Gasteiger partial charge >= 0.3 is 0 Å². The van der Waals surface area contributed by atoms with Gasteiger partial charge in [0.1, 0.15) is 0 Å². The van der Waals surface area contributed by atoms with Crippen molar-refractivity contribution in [3.8, 4) is 0 Å². The van der Waals surface area contributed by atoms with Crippen molar-refractivity contribution in [1.29, 1.82) is 0 Å². The third-order valence-corrected chi connectivity index (χ3v) is 5.19. The lowest BCUT2D eigenvalue weighted by atomic mass is 10.3. The summed E-state index contributed by atoms with van der Waals surface area (Å²) >= 11 is 1.89. The molecule has 0 aromatic heterocycles. The van der Waals surface area contributed by atoms with Crippen molar-refractivity contribution >= 4 is 31.0 Å². The van der Waals surface area contributed by atoms with E-state index in [0.29, 0.717) is 0 Å². The molecule has 0 radical (unpaired) electrons. The monoisotopic (exact) mass is 216 g/mol. The first-order valence-corrected chi connectivity index (χ1v) is 6.38. The largest absolute Gasteiger partial charge is 0.0888 e. The highest BCUT2D eigenvalue weighted by Crippen LogP contribution is 2.35. The third kappa shape index (κ3) is 1.37. The predicted octanol–water partition coefficient (Wildman–Crippen LogP) is 2.78. The van der Waals surface area contributed by atoms with Crippen LogP contribution < -0.4 is 10.6 Å². The van der Waals surface area contributed by atoms with E-state index in [-0.39, 0.29) is 0 Å². The number of fused-ring (bicyclic) bond motifs is 2. The summed E-state index contributed by atoms with van der Waals surface area (Å²) < 4.78 is 0. The molecule has 2 aromatic rings. The summed E-state index contributed by atoms with van der Waals surface area (Å²) in [7, 11) is 0.823. The molecule has 0 amide bonds. The van der Waals surface area contributed by atoms with E-state index in [4.69, 9.17) is 0 Å². The summed E-state index contributed by atoms with van der Waals surface area (Å²) in [6.07, 6.45) is 0. The van der Waals surface area contributed by atoms with Gasteiger partial charge in [0.2, 0.25) is 0 Å². The van der Waals surface area contributed by atoms with Gasteiger partial charge in [-0.2, -0.15) is 0 Å². The first kappa shape index (κ1) is 8.52. The van der Waals surface area contributed by atoms with E-state index in [1.54, 1.807) is 0 Å². The maximum Gasteiger partial charge on any atom is 0.0200 e. The molecule has 0 atom stereocenters. The van der Waals surface area contributed by atoms with Crippen LogP contribution in [0.1, 0.15) is 0 Å². The van der Waals surface area contributed by atoms with Crippen molar-refractivity contribution < 1.29 is 0 Å². The van der Waals surface area contributed by atoms with Crippen molar-refractivity contribution in [3.05, 3.63) is 48.5 Å². The molecule has 0 fully saturated rings. The van der Waals surface area contributed by atoms with Crippen LogP contribution >= 0.6 is 20.3 Å². The SMILES string of the molecule is c1ccc2c(c1)Pc1ccccc1S2. The third-order valence-electron chi connectivity index (χ3n) is 2.26. The van der Waals surface area contributed by atoms with E-state index < -0.39 is 0 Å². The Bertz CT molecular complexity index is 392. The van der Waals surface area contributed by atoms with E-state index in [9.17, 15) is 0 Å². The van der Waals surface area contributed by atoms with Crippen LogP contribution in [0.2, 0.25) is 0 Å². The Kier molecular flexibility index (Phi) is 2.08. The normalized spacial score (nSPS) is 13.1. The zero-order valence-corrected chi connectivity index (χ0v) is 9.34. The van der Waals surface area contributed by atoms with Crippen LogP contribution in [0.25, 0.3) is 0 Å². The van der Waals surface area contributed by atoms with Gasteiger partial charge in [-0.05, 0) is 22.7 Å². The molecule has 0 bridgehead atoms. The molecule has 68 valence electrons. The minimum Gasteiger partial charge on any atom is -0.0888 e. The summed E-state index contributed by atoms with van der Waals surface area (Å²) in [6, 6.07) is 17.4. The van der Waals surface area contributed by atoms with Gasteiger partial charge in [0.15, 0.2) is 0 Å². The second-order valence-corrected chi connectivity index (χ2v) is 5.63. The van der Waals surface area contributed by atoms with Crippen LogP contribution in [0.15, 0.2) is 58.3 Å². The maximum atomic E-state index is 2.23. The first-order valence-electron chi connectivity index (χ1n) is 4.56. The zero-order chi connectivity index (χ0) is 9.38. The standard InChI is InChI=1S/C12H9PS/c1-3-7-11-9(5-1)13-10-6-2-4-8-12(10)14-11/h1-8,13H. The maximum absolute atomic E-state index is 2.23. The van der Waals surface area contributed by atoms with E-state index >= 15 is 0 Å².